The van der Waals surface area contributed by atoms with Crippen LogP contribution in [0, 0.1) is 6.92 Å². The number of hydrogen-bond donors (Lipinski definition) is 1. The van der Waals surface area contributed by atoms with Crippen molar-refractivity contribution >= 4 is 11.6 Å². The molecule has 2 rings (SSSR count). The summed E-state index contributed by atoms with van der Waals surface area (Å²) in [4.78, 5) is 12.3. The summed E-state index contributed by atoms with van der Waals surface area (Å²) in [6, 6.07) is 0.369. The van der Waals surface area contributed by atoms with E-state index in [0.29, 0.717) is 6.04 Å². The Morgan fingerprint density at radius 1 is 1.25 bits per heavy atom. The Morgan fingerprint density at radius 3 is 2.56 bits per heavy atom. The Morgan fingerprint density at radius 2 is 1.94 bits per heavy atom. The molecule has 0 bridgehead atoms. The fraction of sp³-hybridized carbons (Fsp3) is 0.364. The van der Waals surface area contributed by atoms with Crippen molar-refractivity contribution < 1.29 is 0 Å². The number of anilines is 2. The molecule has 0 fully saturated rings. The molecule has 5 heteroatoms. The van der Waals surface area contributed by atoms with E-state index in [1.165, 1.54) is 6.33 Å². The van der Waals surface area contributed by atoms with Crippen molar-refractivity contribution in [2.45, 2.75) is 26.8 Å². The summed E-state index contributed by atoms with van der Waals surface area (Å²) in [7, 11) is 0. The van der Waals surface area contributed by atoms with Crippen molar-refractivity contribution in [3.8, 4) is 0 Å². The summed E-state index contributed by atoms with van der Waals surface area (Å²) in [5.74, 6) is 0.822. The van der Waals surface area contributed by atoms with Crippen LogP contribution in [0.1, 0.15) is 25.6 Å². The lowest BCUT2D eigenvalue weighted by molar-refractivity contribution is 0.607. The Kier molecular flexibility index (Phi) is 2.85. The summed E-state index contributed by atoms with van der Waals surface area (Å²) in [5.41, 5.74) is 1.84. The molecular formula is C11H15N5. The normalized spacial score (nSPS) is 10.8. The van der Waals surface area contributed by atoms with E-state index in [1.807, 2.05) is 13.1 Å². The van der Waals surface area contributed by atoms with Crippen LogP contribution in [0.5, 0.6) is 0 Å². The van der Waals surface area contributed by atoms with Crippen molar-refractivity contribution in [2.24, 2.45) is 0 Å². The van der Waals surface area contributed by atoms with Gasteiger partial charge in [0.05, 0.1) is 23.8 Å². The SMILES string of the molecule is Cc1cn(C(C)C)c(Nc2cncnc2)n1. The van der Waals surface area contributed by atoms with E-state index in [0.717, 1.165) is 17.3 Å². The largest absolute Gasteiger partial charge is 0.323 e. The fourth-order valence-electron chi connectivity index (χ4n) is 1.49. The maximum absolute atomic E-state index is 4.42. The summed E-state index contributed by atoms with van der Waals surface area (Å²) in [6.07, 6.45) is 6.98. The molecule has 0 atom stereocenters. The third kappa shape index (κ3) is 2.18. The van der Waals surface area contributed by atoms with Gasteiger partial charge in [-0.05, 0) is 20.8 Å². The van der Waals surface area contributed by atoms with E-state index in [2.05, 4.69) is 38.7 Å². The summed E-state index contributed by atoms with van der Waals surface area (Å²) in [5, 5.41) is 3.20. The zero-order valence-electron chi connectivity index (χ0n) is 9.68. The molecule has 2 heterocycles. The third-order valence-electron chi connectivity index (χ3n) is 2.23. The van der Waals surface area contributed by atoms with Crippen LogP contribution in [0.25, 0.3) is 0 Å². The molecule has 5 nitrogen and oxygen atoms in total. The molecule has 0 spiro atoms. The summed E-state index contributed by atoms with van der Waals surface area (Å²) < 4.78 is 2.09. The Bertz CT molecular complexity index is 460. The van der Waals surface area contributed by atoms with Crippen molar-refractivity contribution in [1.82, 2.24) is 19.5 Å². The minimum atomic E-state index is 0.369. The Hall–Kier alpha value is -1.91. The predicted molar refractivity (Wildman–Crippen MR) is 62.7 cm³/mol. The minimum absolute atomic E-state index is 0.369. The van der Waals surface area contributed by atoms with Crippen molar-refractivity contribution in [1.29, 1.82) is 0 Å². The van der Waals surface area contributed by atoms with Crippen LogP contribution in [-0.4, -0.2) is 19.5 Å². The molecule has 0 aliphatic rings. The van der Waals surface area contributed by atoms with E-state index in [-0.39, 0.29) is 0 Å². The highest BCUT2D eigenvalue weighted by Crippen LogP contribution is 2.18. The van der Waals surface area contributed by atoms with Crippen LogP contribution in [0.3, 0.4) is 0 Å². The predicted octanol–water partition coefficient (Wildman–Crippen LogP) is 2.31. The Labute approximate surface area is 94.6 Å². The second kappa shape index (κ2) is 4.30. The van der Waals surface area contributed by atoms with E-state index in [4.69, 9.17) is 0 Å². The quantitative estimate of drug-likeness (QED) is 0.857. The highest BCUT2D eigenvalue weighted by atomic mass is 15.2. The lowest BCUT2D eigenvalue weighted by Gasteiger charge is -2.11. The molecular weight excluding hydrogens is 202 g/mol. The van der Waals surface area contributed by atoms with E-state index >= 15 is 0 Å². The maximum atomic E-state index is 4.42. The van der Waals surface area contributed by atoms with Crippen LogP contribution in [0.2, 0.25) is 0 Å². The standard InChI is InChI=1S/C11H15N5/c1-8(2)16-6-9(3)14-11(16)15-10-4-12-7-13-5-10/h4-8H,1-3H3,(H,14,15). The second-order valence-electron chi connectivity index (χ2n) is 3.96. The molecule has 0 unspecified atom stereocenters. The molecule has 2 aromatic heterocycles. The topological polar surface area (TPSA) is 55.6 Å². The van der Waals surface area contributed by atoms with Gasteiger partial charge in [-0.3, -0.25) is 0 Å². The molecule has 0 aromatic carbocycles. The number of nitrogens with zero attached hydrogens (tertiary/aromatic N) is 4. The van der Waals surface area contributed by atoms with Crippen LogP contribution in [0.15, 0.2) is 24.9 Å². The van der Waals surface area contributed by atoms with Gasteiger partial charge in [-0.1, -0.05) is 0 Å². The van der Waals surface area contributed by atoms with Gasteiger partial charge in [0.15, 0.2) is 0 Å². The first kappa shape index (κ1) is 10.6. The monoisotopic (exact) mass is 217 g/mol. The lowest BCUT2D eigenvalue weighted by Crippen LogP contribution is -2.05. The molecule has 0 radical (unpaired) electrons. The molecule has 16 heavy (non-hydrogen) atoms. The zero-order valence-corrected chi connectivity index (χ0v) is 9.68. The lowest BCUT2D eigenvalue weighted by atomic mass is 10.4. The van der Waals surface area contributed by atoms with Gasteiger partial charge in [0.25, 0.3) is 0 Å². The molecule has 0 saturated heterocycles. The third-order valence-corrected chi connectivity index (χ3v) is 2.23. The van der Waals surface area contributed by atoms with Gasteiger partial charge in [0, 0.05) is 12.2 Å². The van der Waals surface area contributed by atoms with Gasteiger partial charge in [-0.2, -0.15) is 0 Å². The summed E-state index contributed by atoms with van der Waals surface area (Å²) >= 11 is 0. The molecule has 0 amide bonds. The van der Waals surface area contributed by atoms with Gasteiger partial charge in [-0.25, -0.2) is 15.0 Å². The molecule has 0 aliphatic heterocycles. The van der Waals surface area contributed by atoms with E-state index in [1.54, 1.807) is 12.4 Å². The van der Waals surface area contributed by atoms with Crippen LogP contribution in [-0.2, 0) is 0 Å². The number of rotatable bonds is 3. The smallest absolute Gasteiger partial charge is 0.207 e. The number of nitrogens with one attached hydrogen (secondary N) is 1. The number of aryl methyl sites for hydroxylation is 1. The fourth-order valence-corrected chi connectivity index (χ4v) is 1.49. The van der Waals surface area contributed by atoms with E-state index in [9.17, 15) is 0 Å². The van der Waals surface area contributed by atoms with Gasteiger partial charge >= 0.3 is 0 Å². The number of aromatic nitrogens is 4. The van der Waals surface area contributed by atoms with Crippen molar-refractivity contribution in [3.05, 3.63) is 30.6 Å². The molecule has 0 saturated carbocycles. The molecule has 0 aliphatic carbocycles. The van der Waals surface area contributed by atoms with Gasteiger partial charge in [-0.15, -0.1) is 0 Å². The summed E-state index contributed by atoms with van der Waals surface area (Å²) in [6.45, 7) is 6.22. The average Bonchev–Trinajstić information content (AvgIpc) is 2.61. The van der Waals surface area contributed by atoms with Crippen molar-refractivity contribution in [2.75, 3.05) is 5.32 Å². The average molecular weight is 217 g/mol. The van der Waals surface area contributed by atoms with Gasteiger partial charge < -0.3 is 9.88 Å². The van der Waals surface area contributed by atoms with Crippen LogP contribution >= 0.6 is 0 Å². The first-order chi connectivity index (χ1) is 7.66. The first-order valence-electron chi connectivity index (χ1n) is 5.24. The zero-order chi connectivity index (χ0) is 11.5. The highest BCUT2D eigenvalue weighted by molar-refractivity contribution is 5.50. The minimum Gasteiger partial charge on any atom is -0.323 e. The van der Waals surface area contributed by atoms with Gasteiger partial charge in [0.1, 0.15) is 6.33 Å². The van der Waals surface area contributed by atoms with E-state index < -0.39 is 0 Å². The van der Waals surface area contributed by atoms with Crippen LogP contribution in [0.4, 0.5) is 11.6 Å². The van der Waals surface area contributed by atoms with Crippen molar-refractivity contribution in [3.63, 3.8) is 0 Å². The van der Waals surface area contributed by atoms with Crippen LogP contribution < -0.4 is 5.32 Å². The molecule has 84 valence electrons. The first-order valence-corrected chi connectivity index (χ1v) is 5.24. The van der Waals surface area contributed by atoms with Gasteiger partial charge in [0.2, 0.25) is 5.95 Å². The second-order valence-corrected chi connectivity index (χ2v) is 3.96. The highest BCUT2D eigenvalue weighted by Gasteiger charge is 2.08. The Balaban J connectivity index is 2.28. The number of imidazole rings is 1. The number of hydrogen-bond acceptors (Lipinski definition) is 4. The maximum Gasteiger partial charge on any atom is 0.207 e. The molecule has 2 aromatic rings. The molecule has 1 N–H and O–H groups in total.